The van der Waals surface area contributed by atoms with Gasteiger partial charge >= 0.3 is 0 Å². The number of ether oxygens (including phenoxy) is 1. The van der Waals surface area contributed by atoms with Crippen molar-refractivity contribution >= 4 is 70.8 Å². The molecule has 5 aromatic carbocycles. The highest BCUT2D eigenvalue weighted by Gasteiger charge is 2.25. The second-order valence-electron chi connectivity index (χ2n) is 10.5. The third-order valence-corrected chi connectivity index (χ3v) is 8.77. The predicted molar refractivity (Wildman–Crippen MR) is 179 cm³/mol. The molecule has 0 radical (unpaired) electrons. The number of hydrogen-bond donors (Lipinski definition) is 5. The van der Waals surface area contributed by atoms with Crippen molar-refractivity contribution in [3.05, 3.63) is 83.9 Å². The van der Waals surface area contributed by atoms with Crippen molar-refractivity contribution in [3.63, 3.8) is 0 Å². The molecular formula is C31H27N7O9S2. The van der Waals surface area contributed by atoms with Crippen LogP contribution < -0.4 is 10.5 Å². The van der Waals surface area contributed by atoms with Crippen molar-refractivity contribution in [3.8, 4) is 17.2 Å². The van der Waals surface area contributed by atoms with Gasteiger partial charge in [-0.05, 0) is 91.0 Å². The topological polar surface area (TPSA) is 259 Å². The van der Waals surface area contributed by atoms with Crippen molar-refractivity contribution in [2.45, 2.75) is 23.6 Å². The fourth-order valence-corrected chi connectivity index (χ4v) is 5.79. The number of aromatic hydroxyl groups is 2. The Morgan fingerprint density at radius 2 is 1.22 bits per heavy atom. The van der Waals surface area contributed by atoms with Crippen molar-refractivity contribution in [2.24, 2.45) is 30.7 Å². The van der Waals surface area contributed by atoms with Gasteiger partial charge in [-0.15, -0.1) is 5.11 Å². The van der Waals surface area contributed by atoms with Crippen LogP contribution in [0, 0.1) is 13.8 Å². The smallest absolute Gasteiger partial charge is 0.296 e. The lowest BCUT2D eigenvalue weighted by Crippen LogP contribution is -2.01. The molecule has 0 atom stereocenters. The number of phenolic OH excluding ortho intramolecular Hbond substituents is 2. The van der Waals surface area contributed by atoms with Crippen LogP contribution in [0.5, 0.6) is 17.2 Å². The lowest BCUT2D eigenvalue weighted by molar-refractivity contribution is 0.417. The minimum Gasteiger partial charge on any atom is -0.507 e. The van der Waals surface area contributed by atoms with E-state index in [2.05, 4.69) is 30.7 Å². The van der Waals surface area contributed by atoms with Crippen molar-refractivity contribution in [2.75, 3.05) is 12.8 Å². The van der Waals surface area contributed by atoms with Gasteiger partial charge < -0.3 is 20.7 Å². The zero-order valence-corrected chi connectivity index (χ0v) is 27.5. The van der Waals surface area contributed by atoms with E-state index in [9.17, 15) is 36.2 Å². The molecule has 0 aliphatic carbocycles. The number of nitrogen functional groups attached to an aromatic ring is 1. The van der Waals surface area contributed by atoms with Crippen LogP contribution in [0.3, 0.4) is 0 Å². The summed E-state index contributed by atoms with van der Waals surface area (Å²) in [6.45, 7) is 3.70. The molecule has 5 rings (SSSR count). The number of anilines is 1. The lowest BCUT2D eigenvalue weighted by Gasteiger charge is -2.11. The zero-order valence-electron chi connectivity index (χ0n) is 25.8. The fraction of sp³-hybridized carbons (Fsp3) is 0.0968. The number of azo groups is 3. The maximum atomic E-state index is 12.1. The molecule has 6 N–H and O–H groups in total. The van der Waals surface area contributed by atoms with E-state index in [0.29, 0.717) is 40.3 Å². The first-order valence-electron chi connectivity index (χ1n) is 13.9. The summed E-state index contributed by atoms with van der Waals surface area (Å²) in [5.74, 6) is -1.22. The van der Waals surface area contributed by atoms with Gasteiger partial charge in [0, 0.05) is 12.1 Å². The zero-order chi connectivity index (χ0) is 35.7. The van der Waals surface area contributed by atoms with Gasteiger partial charge in [0.05, 0.1) is 51.5 Å². The van der Waals surface area contributed by atoms with Crippen LogP contribution in [-0.2, 0) is 20.2 Å². The maximum absolute atomic E-state index is 12.1. The van der Waals surface area contributed by atoms with Gasteiger partial charge in [0.1, 0.15) is 22.1 Å². The monoisotopic (exact) mass is 705 g/mol. The van der Waals surface area contributed by atoms with Crippen LogP contribution in [0.1, 0.15) is 11.1 Å². The summed E-state index contributed by atoms with van der Waals surface area (Å²) < 4.78 is 71.6. The Morgan fingerprint density at radius 1 is 0.653 bits per heavy atom. The highest BCUT2D eigenvalue weighted by molar-refractivity contribution is 7.86. The first-order chi connectivity index (χ1) is 23.0. The molecule has 0 amide bonds. The lowest BCUT2D eigenvalue weighted by atomic mass is 10.1. The van der Waals surface area contributed by atoms with E-state index in [1.807, 2.05) is 13.8 Å². The van der Waals surface area contributed by atoms with Crippen LogP contribution in [-0.4, -0.2) is 43.3 Å². The Morgan fingerprint density at radius 3 is 1.82 bits per heavy atom. The molecule has 0 saturated carbocycles. The molecule has 0 aliphatic rings. The summed E-state index contributed by atoms with van der Waals surface area (Å²) in [7, 11) is -8.32. The molecule has 0 bridgehead atoms. The Kier molecular flexibility index (Phi) is 9.41. The molecule has 0 unspecified atom stereocenters. The van der Waals surface area contributed by atoms with E-state index in [1.54, 1.807) is 42.5 Å². The number of hydrogen-bond acceptors (Lipinski definition) is 14. The summed E-state index contributed by atoms with van der Waals surface area (Å²) in [4.78, 5) is -1.70. The number of fused-ring (bicyclic) bond motifs is 1. The summed E-state index contributed by atoms with van der Waals surface area (Å²) >= 11 is 0. The third kappa shape index (κ3) is 7.68. The number of phenols is 2. The average Bonchev–Trinajstić information content (AvgIpc) is 3.02. The number of benzene rings is 5. The fourth-order valence-electron chi connectivity index (χ4n) is 4.60. The van der Waals surface area contributed by atoms with Crippen molar-refractivity contribution in [1.82, 2.24) is 0 Å². The molecule has 5 aromatic rings. The van der Waals surface area contributed by atoms with Gasteiger partial charge in [-0.25, -0.2) is 0 Å². The van der Waals surface area contributed by atoms with E-state index in [1.165, 1.54) is 19.2 Å². The first-order valence-corrected chi connectivity index (χ1v) is 16.8. The molecular weight excluding hydrogens is 679 g/mol. The summed E-state index contributed by atoms with van der Waals surface area (Å²) in [5, 5.41) is 45.2. The normalized spacial score (nSPS) is 12.5. The number of aryl methyl sites for hydroxylation is 2. The van der Waals surface area contributed by atoms with Gasteiger partial charge in [0.25, 0.3) is 20.2 Å². The molecule has 0 heterocycles. The first kappa shape index (κ1) is 34.5. The number of nitrogens with two attached hydrogens (primary N) is 1. The number of methoxy groups -OCH3 is 1. The van der Waals surface area contributed by atoms with Gasteiger partial charge in [0.2, 0.25) is 0 Å². The second-order valence-corrected chi connectivity index (χ2v) is 13.3. The van der Waals surface area contributed by atoms with E-state index >= 15 is 0 Å². The quantitative estimate of drug-likeness (QED) is 0.0557. The van der Waals surface area contributed by atoms with Gasteiger partial charge in [-0.1, -0.05) is 0 Å². The van der Waals surface area contributed by atoms with E-state index < -0.39 is 52.6 Å². The third-order valence-electron chi connectivity index (χ3n) is 7.07. The molecule has 49 heavy (non-hydrogen) atoms. The maximum Gasteiger partial charge on any atom is 0.296 e. The van der Waals surface area contributed by atoms with E-state index in [0.717, 1.165) is 23.3 Å². The number of nitrogens with zero attached hydrogens (tertiary/aromatic N) is 6. The summed E-state index contributed by atoms with van der Waals surface area (Å²) in [6, 6.07) is 17.0. The Bertz CT molecular complexity index is 2430. The summed E-state index contributed by atoms with van der Waals surface area (Å²) in [6.07, 6.45) is 0. The molecule has 0 spiro atoms. The molecule has 0 saturated heterocycles. The van der Waals surface area contributed by atoms with Gasteiger partial charge in [0.15, 0.2) is 5.75 Å². The van der Waals surface area contributed by atoms with Crippen molar-refractivity contribution in [1.29, 1.82) is 0 Å². The van der Waals surface area contributed by atoms with E-state index in [4.69, 9.17) is 10.5 Å². The Balaban J connectivity index is 1.36. The van der Waals surface area contributed by atoms with Crippen LogP contribution in [0.2, 0.25) is 0 Å². The molecule has 18 heteroatoms. The van der Waals surface area contributed by atoms with Crippen LogP contribution in [0.4, 0.5) is 39.8 Å². The van der Waals surface area contributed by atoms with Crippen molar-refractivity contribution < 1.29 is 40.9 Å². The van der Waals surface area contributed by atoms with Gasteiger partial charge in [-0.3, -0.25) is 9.11 Å². The molecule has 0 fully saturated rings. The highest BCUT2D eigenvalue weighted by Crippen LogP contribution is 2.45. The standard InChI is InChI=1S/C31H27N7O9S2/c1-16-10-21(35-37-25-15-27(47-3)23(32)11-17(25)2)8-9-24(16)36-33-19-4-6-20(7-5-19)34-38-30-28(49(44,45)46)13-18-12-22(48(41,42)43)14-26(39)29(18)31(30)40/h4-15,39-40H,32H2,1-3H3,(H,41,42,43)(H,44,45,46). The largest absolute Gasteiger partial charge is 0.507 e. The SMILES string of the molecule is COc1cc(N=Nc2ccc(N=Nc3ccc(N=Nc4c(S(=O)(=O)O)cc5cc(S(=O)(=O)O)cc(O)c5c4O)cc3)c(C)c2)c(C)cc1N. The number of rotatable bonds is 9. The predicted octanol–water partition coefficient (Wildman–Crippen LogP) is 8.20. The second kappa shape index (κ2) is 13.4. The molecule has 252 valence electrons. The molecule has 0 aromatic heterocycles. The van der Waals surface area contributed by atoms with Crippen LogP contribution >= 0.6 is 0 Å². The van der Waals surface area contributed by atoms with Crippen LogP contribution in [0.15, 0.2) is 113 Å². The minimum atomic E-state index is -5.04. The van der Waals surface area contributed by atoms with Gasteiger partial charge in [-0.2, -0.15) is 42.4 Å². The average molecular weight is 706 g/mol. The van der Waals surface area contributed by atoms with Crippen LogP contribution in [0.25, 0.3) is 10.8 Å². The minimum absolute atomic E-state index is 0.186. The molecule has 16 nitrogen and oxygen atoms in total. The Labute approximate surface area is 279 Å². The Hall–Kier alpha value is -5.82. The highest BCUT2D eigenvalue weighted by atomic mass is 32.2. The molecule has 0 aliphatic heterocycles. The summed E-state index contributed by atoms with van der Waals surface area (Å²) in [5.41, 5.74) is 9.72. The van der Waals surface area contributed by atoms with E-state index in [-0.39, 0.29) is 11.1 Å².